The van der Waals surface area contributed by atoms with Gasteiger partial charge >= 0.3 is 0 Å². The van der Waals surface area contributed by atoms with Crippen molar-refractivity contribution in [3.8, 4) is 11.3 Å². The first-order valence-corrected chi connectivity index (χ1v) is 7.65. The van der Waals surface area contributed by atoms with Gasteiger partial charge in [-0.1, -0.05) is 6.07 Å². The van der Waals surface area contributed by atoms with Gasteiger partial charge in [0.1, 0.15) is 11.6 Å². The van der Waals surface area contributed by atoms with Crippen molar-refractivity contribution < 1.29 is 13.6 Å². The molecule has 2 heterocycles. The Morgan fingerprint density at radius 3 is 2.56 bits per heavy atom. The van der Waals surface area contributed by atoms with E-state index in [-0.39, 0.29) is 29.4 Å². The minimum Gasteiger partial charge on any atom is -0.309 e. The van der Waals surface area contributed by atoms with Gasteiger partial charge in [0.15, 0.2) is 5.82 Å². The maximum Gasteiger partial charge on any atom is 0.230 e. The van der Waals surface area contributed by atoms with Crippen LogP contribution in [0.3, 0.4) is 0 Å². The number of aromatic amines is 1. The summed E-state index contributed by atoms with van der Waals surface area (Å²) < 4.78 is 29.3. The third kappa shape index (κ3) is 3.28. The van der Waals surface area contributed by atoms with Crippen molar-refractivity contribution in [1.82, 2.24) is 20.0 Å². The fraction of sp³-hybridized carbons (Fsp3) is 0.235. The van der Waals surface area contributed by atoms with Crippen molar-refractivity contribution in [1.29, 1.82) is 0 Å². The average molecular weight is 345 g/mol. The summed E-state index contributed by atoms with van der Waals surface area (Å²) in [6.45, 7) is 3.72. The molecule has 0 atom stereocenters. The number of anilines is 1. The van der Waals surface area contributed by atoms with Gasteiger partial charge in [0.2, 0.25) is 5.91 Å². The molecule has 0 aliphatic rings. The predicted molar refractivity (Wildman–Crippen MR) is 89.0 cm³/mol. The Morgan fingerprint density at radius 2 is 1.96 bits per heavy atom. The van der Waals surface area contributed by atoms with E-state index in [1.807, 2.05) is 20.9 Å². The monoisotopic (exact) mass is 345 g/mol. The summed E-state index contributed by atoms with van der Waals surface area (Å²) in [5, 5.41) is 13.3. The molecule has 8 heteroatoms. The molecule has 0 fully saturated rings. The summed E-state index contributed by atoms with van der Waals surface area (Å²) >= 11 is 0. The molecule has 2 N–H and O–H groups in total. The van der Waals surface area contributed by atoms with Gasteiger partial charge in [-0.15, -0.1) is 0 Å². The molecular weight excluding hydrogens is 328 g/mol. The van der Waals surface area contributed by atoms with E-state index in [9.17, 15) is 13.6 Å². The number of nitrogens with one attached hydrogen (secondary N) is 2. The SMILES string of the molecule is Cc1nn(C)c(C)c1CC(=O)Nc1cc(-c2c(F)cccc2F)[nH]n1. The Kier molecular flexibility index (Phi) is 4.35. The van der Waals surface area contributed by atoms with Crippen LogP contribution in [0, 0.1) is 25.5 Å². The number of hydrogen-bond acceptors (Lipinski definition) is 3. The van der Waals surface area contributed by atoms with Crippen LogP contribution in [0.15, 0.2) is 24.3 Å². The maximum atomic E-state index is 13.8. The van der Waals surface area contributed by atoms with Crippen molar-refractivity contribution in [2.75, 3.05) is 5.32 Å². The van der Waals surface area contributed by atoms with Crippen LogP contribution >= 0.6 is 0 Å². The van der Waals surface area contributed by atoms with Gasteiger partial charge in [0.25, 0.3) is 0 Å². The highest BCUT2D eigenvalue weighted by atomic mass is 19.1. The van der Waals surface area contributed by atoms with E-state index in [1.54, 1.807) is 4.68 Å². The van der Waals surface area contributed by atoms with Gasteiger partial charge in [-0.2, -0.15) is 10.2 Å². The summed E-state index contributed by atoms with van der Waals surface area (Å²) in [5.74, 6) is -1.50. The molecule has 1 aromatic carbocycles. The fourth-order valence-electron chi connectivity index (χ4n) is 2.69. The van der Waals surface area contributed by atoms with Crippen LogP contribution in [-0.2, 0) is 18.3 Å². The van der Waals surface area contributed by atoms with E-state index >= 15 is 0 Å². The number of benzene rings is 1. The van der Waals surface area contributed by atoms with Gasteiger partial charge in [0.05, 0.1) is 23.4 Å². The smallest absolute Gasteiger partial charge is 0.230 e. The molecule has 2 aromatic heterocycles. The Morgan fingerprint density at radius 1 is 1.28 bits per heavy atom. The van der Waals surface area contributed by atoms with Crippen LogP contribution in [0.5, 0.6) is 0 Å². The highest BCUT2D eigenvalue weighted by Crippen LogP contribution is 2.26. The summed E-state index contributed by atoms with van der Waals surface area (Å²) in [6, 6.07) is 4.99. The second kappa shape index (κ2) is 6.46. The topological polar surface area (TPSA) is 75.6 Å². The number of H-pyrrole nitrogens is 1. The van der Waals surface area contributed by atoms with Gasteiger partial charge in [-0.3, -0.25) is 14.6 Å². The van der Waals surface area contributed by atoms with Gasteiger partial charge < -0.3 is 5.32 Å². The first kappa shape index (κ1) is 16.8. The maximum absolute atomic E-state index is 13.8. The van der Waals surface area contributed by atoms with Crippen molar-refractivity contribution in [3.63, 3.8) is 0 Å². The molecule has 25 heavy (non-hydrogen) atoms. The zero-order chi connectivity index (χ0) is 18.1. The van der Waals surface area contributed by atoms with Crippen molar-refractivity contribution in [2.24, 2.45) is 7.05 Å². The second-order valence-electron chi connectivity index (χ2n) is 5.76. The molecule has 1 amide bonds. The number of carbonyl (C=O) groups excluding carboxylic acids is 1. The number of amides is 1. The number of carbonyl (C=O) groups is 1. The van der Waals surface area contributed by atoms with Gasteiger partial charge in [-0.25, -0.2) is 8.78 Å². The third-order valence-corrected chi connectivity index (χ3v) is 4.07. The molecule has 0 spiro atoms. The molecular formula is C17H17F2N5O. The van der Waals surface area contributed by atoms with Crippen molar-refractivity contribution >= 4 is 11.7 Å². The number of rotatable bonds is 4. The van der Waals surface area contributed by atoms with E-state index in [2.05, 4.69) is 20.6 Å². The molecule has 0 saturated carbocycles. The van der Waals surface area contributed by atoms with E-state index in [4.69, 9.17) is 0 Å². The largest absolute Gasteiger partial charge is 0.309 e. The summed E-state index contributed by atoms with van der Waals surface area (Å²) in [4.78, 5) is 12.2. The van der Waals surface area contributed by atoms with Crippen LogP contribution in [0.4, 0.5) is 14.6 Å². The Labute approximate surface area is 142 Å². The lowest BCUT2D eigenvalue weighted by atomic mass is 10.1. The highest BCUT2D eigenvalue weighted by molar-refractivity contribution is 5.92. The Balaban J connectivity index is 1.76. The second-order valence-corrected chi connectivity index (χ2v) is 5.76. The molecule has 0 bridgehead atoms. The molecule has 0 radical (unpaired) electrons. The zero-order valence-corrected chi connectivity index (χ0v) is 14.0. The fourth-order valence-corrected chi connectivity index (χ4v) is 2.69. The standard InChI is InChI=1S/C17H17F2N5O/c1-9-11(10(2)24(3)23-9)7-16(25)20-15-8-14(21-22-15)17-12(18)5-4-6-13(17)19/h4-6,8H,7H2,1-3H3,(H2,20,21,22,25). The number of halogens is 2. The van der Waals surface area contributed by atoms with E-state index in [0.717, 1.165) is 29.1 Å². The molecule has 130 valence electrons. The first-order valence-electron chi connectivity index (χ1n) is 7.65. The lowest BCUT2D eigenvalue weighted by Gasteiger charge is -2.03. The van der Waals surface area contributed by atoms with Crippen LogP contribution in [0.2, 0.25) is 0 Å². The molecule has 3 rings (SSSR count). The number of aromatic nitrogens is 4. The molecule has 0 aliphatic carbocycles. The van der Waals surface area contributed by atoms with Crippen LogP contribution in [-0.4, -0.2) is 25.9 Å². The lowest BCUT2D eigenvalue weighted by molar-refractivity contribution is -0.115. The third-order valence-electron chi connectivity index (χ3n) is 4.07. The van der Waals surface area contributed by atoms with Crippen molar-refractivity contribution in [3.05, 3.63) is 52.9 Å². The summed E-state index contributed by atoms with van der Waals surface area (Å²) in [6.07, 6.45) is 0.141. The van der Waals surface area contributed by atoms with E-state index in [1.165, 1.54) is 12.1 Å². The lowest BCUT2D eigenvalue weighted by Crippen LogP contribution is -2.15. The number of nitrogens with zero attached hydrogens (tertiary/aromatic N) is 3. The highest BCUT2D eigenvalue weighted by Gasteiger charge is 2.17. The zero-order valence-electron chi connectivity index (χ0n) is 14.0. The van der Waals surface area contributed by atoms with Crippen molar-refractivity contribution in [2.45, 2.75) is 20.3 Å². The Hall–Kier alpha value is -3.03. The molecule has 3 aromatic rings. The predicted octanol–water partition coefficient (Wildman–Crippen LogP) is 2.89. The molecule has 0 aliphatic heterocycles. The summed E-state index contributed by atoms with van der Waals surface area (Å²) in [7, 11) is 1.81. The molecule has 0 unspecified atom stereocenters. The quantitative estimate of drug-likeness (QED) is 0.763. The minimum atomic E-state index is -0.705. The van der Waals surface area contributed by atoms with Crippen LogP contribution in [0.25, 0.3) is 11.3 Å². The van der Waals surface area contributed by atoms with E-state index < -0.39 is 11.6 Å². The minimum absolute atomic E-state index is 0.141. The Bertz CT molecular complexity index is 924. The van der Waals surface area contributed by atoms with E-state index in [0.29, 0.717) is 0 Å². The average Bonchev–Trinajstić information content (AvgIpc) is 3.07. The molecule has 6 nitrogen and oxygen atoms in total. The van der Waals surface area contributed by atoms with Crippen LogP contribution in [0.1, 0.15) is 17.0 Å². The first-order chi connectivity index (χ1) is 11.9. The van der Waals surface area contributed by atoms with Crippen LogP contribution < -0.4 is 5.32 Å². The number of aryl methyl sites for hydroxylation is 2. The molecule has 0 saturated heterocycles. The summed E-state index contributed by atoms with van der Waals surface area (Å²) in [5.41, 5.74) is 2.47. The van der Waals surface area contributed by atoms with Gasteiger partial charge in [-0.05, 0) is 26.0 Å². The number of hydrogen-bond donors (Lipinski definition) is 2. The normalized spacial score (nSPS) is 10.9. The van der Waals surface area contributed by atoms with Gasteiger partial charge in [0, 0.05) is 24.4 Å².